The molecule has 0 unspecified atom stereocenters. The molecule has 2 heterocycles. The van der Waals surface area contributed by atoms with E-state index in [2.05, 4.69) is 28.5 Å². The average Bonchev–Trinajstić information content (AvgIpc) is 2.93. The third-order valence-electron chi connectivity index (χ3n) is 3.83. The summed E-state index contributed by atoms with van der Waals surface area (Å²) in [5, 5.41) is 4.31. The molecule has 104 valence electrons. The van der Waals surface area contributed by atoms with Gasteiger partial charge >= 0.3 is 0 Å². The zero-order valence-corrected chi connectivity index (χ0v) is 12.1. The fraction of sp³-hybridized carbons (Fsp3) is 0.333. The van der Waals surface area contributed by atoms with E-state index in [4.69, 9.17) is 5.73 Å². The number of hydrogen-bond acceptors (Lipinski definition) is 3. The third kappa shape index (κ3) is 1.95. The number of anilines is 1. The summed E-state index contributed by atoms with van der Waals surface area (Å²) < 4.78 is 4.15. The molecule has 5 nitrogen and oxygen atoms in total. The number of benzene rings is 1. The monoisotopic (exact) mass is 269 g/mol. The van der Waals surface area contributed by atoms with Crippen LogP contribution in [0.1, 0.15) is 24.0 Å². The van der Waals surface area contributed by atoms with Crippen molar-refractivity contribution in [1.82, 2.24) is 19.3 Å². The van der Waals surface area contributed by atoms with Crippen LogP contribution >= 0.6 is 0 Å². The first-order valence-corrected chi connectivity index (χ1v) is 6.82. The highest BCUT2D eigenvalue weighted by atomic mass is 15.3. The molecule has 2 aromatic heterocycles. The molecule has 0 amide bonds. The molecule has 0 saturated heterocycles. The van der Waals surface area contributed by atoms with Crippen molar-refractivity contribution in [3.8, 4) is 0 Å². The number of nitrogens with two attached hydrogens (primary N) is 1. The lowest BCUT2D eigenvalue weighted by Crippen LogP contribution is -2.05. The molecule has 3 aromatic rings. The van der Waals surface area contributed by atoms with Crippen molar-refractivity contribution in [2.75, 3.05) is 5.73 Å². The number of imidazole rings is 1. The lowest BCUT2D eigenvalue weighted by molar-refractivity contribution is 0.724. The summed E-state index contributed by atoms with van der Waals surface area (Å²) in [5.41, 5.74) is 11.1. The Labute approximate surface area is 118 Å². The fourth-order valence-electron chi connectivity index (χ4n) is 2.51. The number of rotatable bonds is 3. The molecule has 2 N–H and O–H groups in total. The zero-order chi connectivity index (χ0) is 14.3. The van der Waals surface area contributed by atoms with Gasteiger partial charge < -0.3 is 10.3 Å². The SMILES string of the molecule is CCc1nc2cc(N)ccc2n1Cc1cnn(C)c1C. The largest absolute Gasteiger partial charge is 0.399 e. The number of nitrogens with zero attached hydrogens (tertiary/aromatic N) is 4. The first kappa shape index (κ1) is 12.7. The predicted molar refractivity (Wildman–Crippen MR) is 80.6 cm³/mol. The first-order valence-electron chi connectivity index (χ1n) is 6.82. The van der Waals surface area contributed by atoms with E-state index in [0.29, 0.717) is 0 Å². The van der Waals surface area contributed by atoms with Crippen molar-refractivity contribution in [3.05, 3.63) is 41.5 Å². The molecule has 0 bridgehead atoms. The Morgan fingerprint density at radius 1 is 1.30 bits per heavy atom. The minimum Gasteiger partial charge on any atom is -0.399 e. The van der Waals surface area contributed by atoms with Gasteiger partial charge in [0.25, 0.3) is 0 Å². The van der Waals surface area contributed by atoms with Crippen LogP contribution in [0.4, 0.5) is 5.69 Å². The van der Waals surface area contributed by atoms with Gasteiger partial charge in [-0.2, -0.15) is 5.10 Å². The van der Waals surface area contributed by atoms with E-state index in [1.807, 2.05) is 36.1 Å². The van der Waals surface area contributed by atoms with Gasteiger partial charge in [0.2, 0.25) is 0 Å². The summed E-state index contributed by atoms with van der Waals surface area (Å²) in [4.78, 5) is 4.68. The van der Waals surface area contributed by atoms with Gasteiger partial charge in [0.15, 0.2) is 0 Å². The molecule has 0 radical (unpaired) electrons. The predicted octanol–water partition coefficient (Wildman–Crippen LogP) is 2.27. The topological polar surface area (TPSA) is 61.7 Å². The maximum Gasteiger partial charge on any atom is 0.109 e. The summed E-state index contributed by atoms with van der Waals surface area (Å²) in [6.45, 7) is 5.01. The number of nitrogen functional groups attached to an aromatic ring is 1. The van der Waals surface area contributed by atoms with E-state index in [1.165, 1.54) is 11.3 Å². The molecule has 0 atom stereocenters. The van der Waals surface area contributed by atoms with E-state index < -0.39 is 0 Å². The van der Waals surface area contributed by atoms with Crippen LogP contribution in [0.15, 0.2) is 24.4 Å². The highest BCUT2D eigenvalue weighted by Crippen LogP contribution is 2.21. The van der Waals surface area contributed by atoms with Crippen LogP contribution in [-0.2, 0) is 20.0 Å². The summed E-state index contributed by atoms with van der Waals surface area (Å²) in [6.07, 6.45) is 2.83. The van der Waals surface area contributed by atoms with Crippen LogP contribution < -0.4 is 5.73 Å². The standard InChI is InChI=1S/C15H19N5/c1-4-15-18-13-7-12(16)5-6-14(13)20(15)9-11-8-17-19(3)10(11)2/h5-8H,4,9,16H2,1-3H3. The van der Waals surface area contributed by atoms with Gasteiger partial charge in [0, 0.05) is 30.4 Å². The Kier molecular flexibility index (Phi) is 2.97. The van der Waals surface area contributed by atoms with Gasteiger partial charge in [-0.25, -0.2) is 4.98 Å². The van der Waals surface area contributed by atoms with Crippen molar-refractivity contribution in [2.24, 2.45) is 7.05 Å². The summed E-state index contributed by atoms with van der Waals surface area (Å²) in [5.74, 6) is 1.08. The maximum absolute atomic E-state index is 5.84. The highest BCUT2D eigenvalue weighted by Gasteiger charge is 2.12. The Balaban J connectivity index is 2.12. The van der Waals surface area contributed by atoms with Crippen molar-refractivity contribution in [1.29, 1.82) is 0 Å². The average molecular weight is 269 g/mol. The molecule has 1 aromatic carbocycles. The number of hydrogen-bond donors (Lipinski definition) is 1. The van der Waals surface area contributed by atoms with Crippen molar-refractivity contribution >= 4 is 16.7 Å². The molecule has 0 aliphatic rings. The maximum atomic E-state index is 5.84. The molecule has 5 heteroatoms. The molecule has 0 fully saturated rings. The van der Waals surface area contributed by atoms with Crippen molar-refractivity contribution in [2.45, 2.75) is 26.8 Å². The molecule has 20 heavy (non-hydrogen) atoms. The quantitative estimate of drug-likeness (QED) is 0.742. The fourth-order valence-corrected chi connectivity index (χ4v) is 2.51. The summed E-state index contributed by atoms with van der Waals surface area (Å²) >= 11 is 0. The molecule has 0 saturated carbocycles. The Morgan fingerprint density at radius 3 is 2.75 bits per heavy atom. The van der Waals surface area contributed by atoms with Crippen LogP contribution in [0.2, 0.25) is 0 Å². The number of fused-ring (bicyclic) bond motifs is 1. The lowest BCUT2D eigenvalue weighted by atomic mass is 10.2. The normalized spacial score (nSPS) is 11.3. The molecule has 0 aliphatic heterocycles. The van der Waals surface area contributed by atoms with Gasteiger partial charge in [-0.3, -0.25) is 4.68 Å². The molecule has 0 aliphatic carbocycles. The van der Waals surface area contributed by atoms with E-state index in [0.717, 1.165) is 35.5 Å². The van der Waals surface area contributed by atoms with Gasteiger partial charge in [0.05, 0.1) is 23.8 Å². The van der Waals surface area contributed by atoms with E-state index >= 15 is 0 Å². The zero-order valence-electron chi connectivity index (χ0n) is 12.1. The Hall–Kier alpha value is -2.30. The molecular weight excluding hydrogens is 250 g/mol. The van der Waals surface area contributed by atoms with Crippen molar-refractivity contribution < 1.29 is 0 Å². The van der Waals surface area contributed by atoms with Gasteiger partial charge in [-0.15, -0.1) is 0 Å². The minimum atomic E-state index is 0.752. The van der Waals surface area contributed by atoms with Gasteiger partial charge in [-0.1, -0.05) is 6.92 Å². The second-order valence-corrected chi connectivity index (χ2v) is 5.09. The summed E-state index contributed by atoms with van der Waals surface area (Å²) in [6, 6.07) is 5.90. The van der Waals surface area contributed by atoms with Crippen molar-refractivity contribution in [3.63, 3.8) is 0 Å². The highest BCUT2D eigenvalue weighted by molar-refractivity contribution is 5.79. The molecule has 0 spiro atoms. The number of aromatic nitrogens is 4. The van der Waals surface area contributed by atoms with Crippen LogP contribution in [0, 0.1) is 6.92 Å². The smallest absolute Gasteiger partial charge is 0.109 e. The van der Waals surface area contributed by atoms with Gasteiger partial charge in [0.1, 0.15) is 5.82 Å². The van der Waals surface area contributed by atoms with Gasteiger partial charge in [-0.05, 0) is 25.1 Å². The third-order valence-corrected chi connectivity index (χ3v) is 3.83. The van der Waals surface area contributed by atoms with E-state index in [-0.39, 0.29) is 0 Å². The Morgan fingerprint density at radius 2 is 2.10 bits per heavy atom. The number of aryl methyl sites for hydroxylation is 2. The van der Waals surface area contributed by atoms with Crippen LogP contribution in [0.25, 0.3) is 11.0 Å². The summed E-state index contributed by atoms with van der Waals surface area (Å²) in [7, 11) is 1.96. The van der Waals surface area contributed by atoms with Crippen LogP contribution in [-0.4, -0.2) is 19.3 Å². The van der Waals surface area contributed by atoms with Crippen LogP contribution in [0.5, 0.6) is 0 Å². The molecule has 3 rings (SSSR count). The first-order chi connectivity index (χ1) is 9.60. The van der Waals surface area contributed by atoms with E-state index in [1.54, 1.807) is 0 Å². The lowest BCUT2D eigenvalue weighted by Gasteiger charge is -2.08. The molecular formula is C15H19N5. The second kappa shape index (κ2) is 4.67. The van der Waals surface area contributed by atoms with E-state index in [9.17, 15) is 0 Å². The van der Waals surface area contributed by atoms with Crippen LogP contribution in [0.3, 0.4) is 0 Å². The second-order valence-electron chi connectivity index (χ2n) is 5.09. The minimum absolute atomic E-state index is 0.752. The Bertz CT molecular complexity index is 766.